The maximum atomic E-state index is 12.3. The van der Waals surface area contributed by atoms with Crippen molar-refractivity contribution in [2.24, 2.45) is 0 Å². The van der Waals surface area contributed by atoms with E-state index in [0.717, 1.165) is 11.3 Å². The zero-order chi connectivity index (χ0) is 22.5. The molecule has 1 aromatic heterocycles. The van der Waals surface area contributed by atoms with Crippen LogP contribution in [0.15, 0.2) is 29.3 Å². The van der Waals surface area contributed by atoms with E-state index in [2.05, 4.69) is 15.6 Å². The van der Waals surface area contributed by atoms with E-state index in [1.54, 1.807) is 6.92 Å². The second kappa shape index (κ2) is 9.49. The fraction of sp³-hybridized carbons (Fsp3) is 0.167. The van der Waals surface area contributed by atoms with Gasteiger partial charge in [-0.15, -0.1) is 0 Å². The van der Waals surface area contributed by atoms with Crippen LogP contribution in [0.1, 0.15) is 27.7 Å². The molecule has 160 valence electrons. The lowest BCUT2D eigenvalue weighted by molar-refractivity contribution is -0.385. The molecule has 11 nitrogen and oxygen atoms in total. The SMILES string of the molecule is CCOC(=O)c1cnc(NC(=O)Cc2ccc(/C=C3\SC(=O)NC3=O)cc2[N+](=O)[O-])s1. The van der Waals surface area contributed by atoms with Crippen molar-refractivity contribution in [1.82, 2.24) is 10.3 Å². The summed E-state index contributed by atoms with van der Waals surface area (Å²) >= 11 is 1.62. The molecule has 0 aliphatic carbocycles. The number of hydrogen-bond acceptors (Lipinski definition) is 10. The predicted molar refractivity (Wildman–Crippen MR) is 113 cm³/mol. The van der Waals surface area contributed by atoms with Gasteiger partial charge in [0.15, 0.2) is 5.13 Å². The highest BCUT2D eigenvalue weighted by molar-refractivity contribution is 8.18. The van der Waals surface area contributed by atoms with Crippen LogP contribution in [0.5, 0.6) is 0 Å². The standard InChI is InChI=1S/C18H14N4O7S2/c1-2-29-16(25)13-8-19-17(30-13)20-14(23)7-10-4-3-9(5-11(10)22(27)28)6-12-15(24)21-18(26)31-12/h3-6,8H,2,7H2,1H3,(H,19,20,23)(H,21,24,26)/b12-6-. The number of anilines is 1. The number of amides is 3. The van der Waals surface area contributed by atoms with E-state index < -0.39 is 27.9 Å². The molecule has 1 saturated heterocycles. The molecule has 2 aromatic rings. The van der Waals surface area contributed by atoms with E-state index in [9.17, 15) is 29.3 Å². The molecule has 1 aromatic carbocycles. The van der Waals surface area contributed by atoms with Crippen LogP contribution in [0.4, 0.5) is 15.6 Å². The van der Waals surface area contributed by atoms with Gasteiger partial charge in [-0.25, -0.2) is 9.78 Å². The zero-order valence-corrected chi connectivity index (χ0v) is 17.5. The van der Waals surface area contributed by atoms with Gasteiger partial charge in [0.05, 0.1) is 29.1 Å². The highest BCUT2D eigenvalue weighted by Crippen LogP contribution is 2.28. The number of nitro benzene ring substituents is 1. The second-order valence-corrected chi connectivity index (χ2v) is 8.02. The van der Waals surface area contributed by atoms with Crippen LogP contribution in [0.3, 0.4) is 0 Å². The minimum absolute atomic E-state index is 0.117. The number of esters is 1. The summed E-state index contributed by atoms with van der Waals surface area (Å²) in [5.41, 5.74) is 0.166. The van der Waals surface area contributed by atoms with Crippen molar-refractivity contribution >= 4 is 63.0 Å². The first-order valence-electron chi connectivity index (χ1n) is 8.71. The molecular weight excluding hydrogens is 448 g/mol. The number of hydrogen-bond donors (Lipinski definition) is 2. The molecule has 0 spiro atoms. The Labute approximate surface area is 183 Å². The van der Waals surface area contributed by atoms with Crippen molar-refractivity contribution in [3.63, 3.8) is 0 Å². The normalized spacial score (nSPS) is 14.4. The Morgan fingerprint density at radius 1 is 1.35 bits per heavy atom. The van der Waals surface area contributed by atoms with E-state index >= 15 is 0 Å². The second-order valence-electron chi connectivity index (χ2n) is 5.97. The number of nitrogens with zero attached hydrogens (tertiary/aromatic N) is 2. The minimum atomic E-state index is -0.639. The summed E-state index contributed by atoms with van der Waals surface area (Å²) < 4.78 is 4.85. The van der Waals surface area contributed by atoms with Gasteiger partial charge < -0.3 is 10.1 Å². The molecule has 2 heterocycles. The van der Waals surface area contributed by atoms with Gasteiger partial charge in [0, 0.05) is 11.6 Å². The van der Waals surface area contributed by atoms with Gasteiger partial charge in [-0.3, -0.25) is 29.8 Å². The molecular formula is C18H14N4O7S2. The molecule has 1 aliphatic heterocycles. The van der Waals surface area contributed by atoms with Crippen LogP contribution in [0.25, 0.3) is 6.08 Å². The predicted octanol–water partition coefficient (Wildman–Crippen LogP) is 2.73. The number of imide groups is 1. The van der Waals surface area contributed by atoms with Gasteiger partial charge in [0.1, 0.15) is 4.88 Å². The Morgan fingerprint density at radius 2 is 2.13 bits per heavy atom. The monoisotopic (exact) mass is 462 g/mol. The zero-order valence-electron chi connectivity index (χ0n) is 15.9. The molecule has 3 amide bonds. The Hall–Kier alpha value is -3.58. The highest BCUT2D eigenvalue weighted by Gasteiger charge is 2.25. The third-order valence-electron chi connectivity index (χ3n) is 3.83. The lowest BCUT2D eigenvalue weighted by Gasteiger charge is -2.05. The van der Waals surface area contributed by atoms with Crippen LogP contribution in [-0.4, -0.2) is 39.5 Å². The lowest BCUT2D eigenvalue weighted by Crippen LogP contribution is -2.17. The van der Waals surface area contributed by atoms with Crippen LogP contribution in [-0.2, 0) is 20.7 Å². The maximum absolute atomic E-state index is 12.3. The lowest BCUT2D eigenvalue weighted by atomic mass is 10.1. The average molecular weight is 462 g/mol. The van der Waals surface area contributed by atoms with Gasteiger partial charge in [-0.2, -0.15) is 0 Å². The van der Waals surface area contributed by atoms with Crippen LogP contribution in [0.2, 0.25) is 0 Å². The van der Waals surface area contributed by atoms with Gasteiger partial charge >= 0.3 is 5.97 Å². The number of benzene rings is 1. The van der Waals surface area contributed by atoms with Crippen LogP contribution < -0.4 is 10.6 Å². The number of nitro groups is 1. The van der Waals surface area contributed by atoms with Crippen molar-refractivity contribution in [2.45, 2.75) is 13.3 Å². The largest absolute Gasteiger partial charge is 0.462 e. The number of aromatic nitrogens is 1. The van der Waals surface area contributed by atoms with Gasteiger partial charge in [0.2, 0.25) is 5.91 Å². The average Bonchev–Trinajstić information content (AvgIpc) is 3.29. The van der Waals surface area contributed by atoms with Gasteiger partial charge in [-0.05, 0) is 30.3 Å². The topological polar surface area (TPSA) is 158 Å². The number of rotatable bonds is 7. The highest BCUT2D eigenvalue weighted by atomic mass is 32.2. The minimum Gasteiger partial charge on any atom is -0.462 e. The third-order valence-corrected chi connectivity index (χ3v) is 5.53. The Morgan fingerprint density at radius 3 is 2.77 bits per heavy atom. The number of carbonyl (C=O) groups is 4. The number of thioether (sulfide) groups is 1. The Balaban J connectivity index is 1.73. The summed E-state index contributed by atoms with van der Waals surface area (Å²) in [5, 5.41) is 15.7. The maximum Gasteiger partial charge on any atom is 0.350 e. The van der Waals surface area contributed by atoms with E-state index in [-0.39, 0.29) is 39.2 Å². The molecule has 0 bridgehead atoms. The molecule has 1 aliphatic rings. The van der Waals surface area contributed by atoms with E-state index in [4.69, 9.17) is 4.74 Å². The molecule has 1 fully saturated rings. The number of thiazole rings is 1. The molecule has 31 heavy (non-hydrogen) atoms. The smallest absolute Gasteiger partial charge is 0.350 e. The third kappa shape index (κ3) is 5.52. The first kappa shape index (κ1) is 22.1. The Bertz CT molecular complexity index is 1130. The van der Waals surface area contributed by atoms with Crippen molar-refractivity contribution in [1.29, 1.82) is 0 Å². The fourth-order valence-corrected chi connectivity index (χ4v) is 3.94. The summed E-state index contributed by atoms with van der Waals surface area (Å²) in [6.45, 7) is 1.87. The Kier molecular flexibility index (Phi) is 6.77. The van der Waals surface area contributed by atoms with E-state index in [1.165, 1.54) is 30.5 Å². The molecule has 0 radical (unpaired) electrons. The summed E-state index contributed by atoms with van der Waals surface area (Å²) in [6.07, 6.45) is 2.31. The van der Waals surface area contributed by atoms with Crippen LogP contribution in [0, 0.1) is 10.1 Å². The summed E-state index contributed by atoms with van der Waals surface area (Å²) in [5.74, 6) is -1.70. The summed E-state index contributed by atoms with van der Waals surface area (Å²) in [6, 6.07) is 4.12. The molecule has 0 unspecified atom stereocenters. The van der Waals surface area contributed by atoms with Crippen molar-refractivity contribution in [3.8, 4) is 0 Å². The molecule has 0 saturated carbocycles. The van der Waals surface area contributed by atoms with Crippen LogP contribution >= 0.6 is 23.1 Å². The number of nitrogens with one attached hydrogen (secondary N) is 2. The van der Waals surface area contributed by atoms with Crippen molar-refractivity contribution < 1.29 is 28.8 Å². The first-order valence-corrected chi connectivity index (χ1v) is 10.3. The number of carbonyl (C=O) groups excluding carboxylic acids is 4. The molecule has 2 N–H and O–H groups in total. The van der Waals surface area contributed by atoms with Gasteiger partial charge in [0.25, 0.3) is 16.8 Å². The molecule has 13 heteroatoms. The van der Waals surface area contributed by atoms with E-state index in [0.29, 0.717) is 17.3 Å². The fourth-order valence-electron chi connectivity index (χ4n) is 2.53. The first-order chi connectivity index (χ1) is 14.8. The van der Waals surface area contributed by atoms with Crippen molar-refractivity contribution in [2.75, 3.05) is 11.9 Å². The van der Waals surface area contributed by atoms with E-state index in [1.807, 2.05) is 0 Å². The van der Waals surface area contributed by atoms with Crippen molar-refractivity contribution in [3.05, 3.63) is 55.4 Å². The number of ether oxygens (including phenoxy) is 1. The molecule has 3 rings (SSSR count). The quantitative estimate of drug-likeness (QED) is 0.273. The summed E-state index contributed by atoms with van der Waals surface area (Å²) in [4.78, 5) is 61.9. The molecule has 0 atom stereocenters. The van der Waals surface area contributed by atoms with Gasteiger partial charge in [-0.1, -0.05) is 23.5 Å². The summed E-state index contributed by atoms with van der Waals surface area (Å²) in [7, 11) is 0.